The number of pyridine rings is 2. The fraction of sp³-hybridized carbons (Fsp3) is 0.316. The van der Waals surface area contributed by atoms with Gasteiger partial charge in [0.25, 0.3) is 0 Å². The Labute approximate surface area is 165 Å². The maximum Gasteiger partial charge on any atom is 0.211 e. The van der Waals surface area contributed by atoms with Gasteiger partial charge in [-0.3, -0.25) is 9.67 Å². The van der Waals surface area contributed by atoms with Gasteiger partial charge in [-0.05, 0) is 31.0 Å². The van der Waals surface area contributed by atoms with E-state index in [1.165, 1.54) is 0 Å². The minimum absolute atomic E-state index is 0.275. The molecule has 1 unspecified atom stereocenters. The Bertz CT molecular complexity index is 1120. The SMILES string of the molecule is Cn1cc(-c2cnc3ccc(Nc4nnc(CC5CCCO5)s4)nc3c2)cn1. The van der Waals surface area contributed by atoms with E-state index in [2.05, 4.69) is 30.6 Å². The lowest BCUT2D eigenvalue weighted by Crippen LogP contribution is -2.08. The first-order valence-corrected chi connectivity index (χ1v) is 10.0. The third-order valence-corrected chi connectivity index (χ3v) is 5.56. The molecule has 0 spiro atoms. The van der Waals surface area contributed by atoms with Gasteiger partial charge in [-0.2, -0.15) is 5.10 Å². The van der Waals surface area contributed by atoms with E-state index in [4.69, 9.17) is 4.74 Å². The second-order valence-electron chi connectivity index (χ2n) is 6.83. The summed E-state index contributed by atoms with van der Waals surface area (Å²) in [7, 11) is 1.90. The maximum absolute atomic E-state index is 5.68. The molecular weight excluding hydrogens is 374 g/mol. The molecule has 0 aliphatic carbocycles. The number of hydrogen-bond acceptors (Lipinski definition) is 8. The second kappa shape index (κ2) is 7.25. The van der Waals surface area contributed by atoms with Crippen LogP contribution < -0.4 is 5.32 Å². The zero-order chi connectivity index (χ0) is 18.9. The average Bonchev–Trinajstić information content (AvgIpc) is 3.45. The first-order chi connectivity index (χ1) is 13.7. The van der Waals surface area contributed by atoms with E-state index in [-0.39, 0.29) is 6.10 Å². The highest BCUT2D eigenvalue weighted by atomic mass is 32.1. The predicted octanol–water partition coefficient (Wildman–Crippen LogP) is 3.35. The van der Waals surface area contributed by atoms with Crippen LogP contribution in [0.4, 0.5) is 10.9 Å². The molecule has 1 aliphatic rings. The summed E-state index contributed by atoms with van der Waals surface area (Å²) in [5, 5.41) is 17.7. The molecule has 4 aromatic rings. The molecule has 8 nitrogen and oxygen atoms in total. The molecule has 0 amide bonds. The van der Waals surface area contributed by atoms with Crippen molar-refractivity contribution in [1.29, 1.82) is 0 Å². The standard InChI is InChI=1S/C19H19N7OS/c1-26-11-13(10-21-26)12-7-16-15(20-9-12)4-5-17(22-16)23-19-25-24-18(28-19)8-14-3-2-6-27-14/h4-5,7,9-11,14H,2-3,6,8H2,1H3,(H,22,23,25). The molecule has 1 aliphatic heterocycles. The Morgan fingerprint density at radius 1 is 1.21 bits per heavy atom. The lowest BCUT2D eigenvalue weighted by molar-refractivity contribution is 0.111. The van der Waals surface area contributed by atoms with Crippen LogP contribution in [0.5, 0.6) is 0 Å². The van der Waals surface area contributed by atoms with Gasteiger partial charge in [-0.25, -0.2) is 4.98 Å². The number of nitrogens with one attached hydrogen (secondary N) is 1. The van der Waals surface area contributed by atoms with E-state index in [1.807, 2.05) is 43.8 Å². The quantitative estimate of drug-likeness (QED) is 0.556. The molecule has 0 bridgehead atoms. The van der Waals surface area contributed by atoms with Gasteiger partial charge in [0.2, 0.25) is 5.13 Å². The topological polar surface area (TPSA) is 90.6 Å². The maximum atomic E-state index is 5.68. The summed E-state index contributed by atoms with van der Waals surface area (Å²) >= 11 is 1.54. The molecule has 0 radical (unpaired) electrons. The Morgan fingerprint density at radius 3 is 3.00 bits per heavy atom. The van der Waals surface area contributed by atoms with Crippen LogP contribution in [-0.4, -0.2) is 42.7 Å². The van der Waals surface area contributed by atoms with Gasteiger partial charge >= 0.3 is 0 Å². The van der Waals surface area contributed by atoms with Crippen LogP contribution in [-0.2, 0) is 18.2 Å². The van der Waals surface area contributed by atoms with Crippen molar-refractivity contribution in [1.82, 2.24) is 29.9 Å². The Balaban J connectivity index is 1.36. The first-order valence-electron chi connectivity index (χ1n) is 9.20. The number of nitrogens with zero attached hydrogens (tertiary/aromatic N) is 6. The molecule has 142 valence electrons. The monoisotopic (exact) mass is 393 g/mol. The summed E-state index contributed by atoms with van der Waals surface area (Å²) in [6.45, 7) is 0.852. The normalized spacial score (nSPS) is 16.7. The summed E-state index contributed by atoms with van der Waals surface area (Å²) < 4.78 is 7.45. The zero-order valence-corrected chi connectivity index (χ0v) is 16.2. The van der Waals surface area contributed by atoms with E-state index in [0.717, 1.165) is 64.0 Å². The molecule has 0 saturated carbocycles. The molecule has 4 aromatic heterocycles. The third kappa shape index (κ3) is 3.58. The van der Waals surface area contributed by atoms with Gasteiger partial charge in [0.15, 0.2) is 0 Å². The third-order valence-electron chi connectivity index (χ3n) is 4.70. The molecule has 0 aromatic carbocycles. The van der Waals surface area contributed by atoms with Crippen molar-refractivity contribution in [2.75, 3.05) is 11.9 Å². The number of ether oxygens (including phenoxy) is 1. The molecular formula is C19H19N7OS. The molecule has 28 heavy (non-hydrogen) atoms. The largest absolute Gasteiger partial charge is 0.378 e. The van der Waals surface area contributed by atoms with E-state index in [0.29, 0.717) is 0 Å². The summed E-state index contributed by atoms with van der Waals surface area (Å²) in [5.41, 5.74) is 3.66. The second-order valence-corrected chi connectivity index (χ2v) is 7.89. The van der Waals surface area contributed by atoms with Crippen molar-refractivity contribution in [2.24, 2.45) is 7.05 Å². The summed E-state index contributed by atoms with van der Waals surface area (Å²) in [4.78, 5) is 9.20. The van der Waals surface area contributed by atoms with Crippen molar-refractivity contribution in [3.63, 3.8) is 0 Å². The van der Waals surface area contributed by atoms with E-state index in [1.54, 1.807) is 16.0 Å². The summed E-state index contributed by atoms with van der Waals surface area (Å²) in [6, 6.07) is 5.87. The van der Waals surface area contributed by atoms with E-state index in [9.17, 15) is 0 Å². The lowest BCUT2D eigenvalue weighted by Gasteiger charge is -2.05. The highest BCUT2D eigenvalue weighted by Gasteiger charge is 2.18. The molecule has 1 fully saturated rings. The number of anilines is 2. The van der Waals surface area contributed by atoms with Crippen LogP contribution in [0.1, 0.15) is 17.8 Å². The van der Waals surface area contributed by atoms with Crippen LogP contribution >= 0.6 is 11.3 Å². The van der Waals surface area contributed by atoms with Crippen molar-refractivity contribution in [3.05, 3.63) is 41.8 Å². The lowest BCUT2D eigenvalue weighted by atomic mass is 10.1. The molecule has 9 heteroatoms. The smallest absolute Gasteiger partial charge is 0.211 e. The van der Waals surface area contributed by atoms with Gasteiger partial charge in [0, 0.05) is 43.6 Å². The van der Waals surface area contributed by atoms with E-state index >= 15 is 0 Å². The number of aromatic nitrogens is 6. The van der Waals surface area contributed by atoms with Crippen LogP contribution in [0, 0.1) is 0 Å². The van der Waals surface area contributed by atoms with Gasteiger partial charge in [-0.15, -0.1) is 10.2 Å². The first kappa shape index (κ1) is 17.2. The average molecular weight is 393 g/mol. The number of hydrogen-bond donors (Lipinski definition) is 1. The van der Waals surface area contributed by atoms with Crippen LogP contribution in [0.2, 0.25) is 0 Å². The fourth-order valence-electron chi connectivity index (χ4n) is 3.30. The number of fused-ring (bicyclic) bond motifs is 1. The number of aryl methyl sites for hydroxylation is 1. The Morgan fingerprint density at radius 2 is 2.18 bits per heavy atom. The van der Waals surface area contributed by atoms with Gasteiger partial charge in [0.05, 0.1) is 23.3 Å². The summed E-state index contributed by atoms with van der Waals surface area (Å²) in [5.74, 6) is 0.720. The number of rotatable bonds is 5. The Hall–Kier alpha value is -2.91. The minimum atomic E-state index is 0.275. The highest BCUT2D eigenvalue weighted by Crippen LogP contribution is 2.26. The molecule has 1 N–H and O–H groups in total. The van der Waals surface area contributed by atoms with Crippen molar-refractivity contribution >= 4 is 33.3 Å². The summed E-state index contributed by atoms with van der Waals surface area (Å²) in [6.07, 6.45) is 8.95. The van der Waals surface area contributed by atoms with Gasteiger partial charge in [0.1, 0.15) is 10.8 Å². The van der Waals surface area contributed by atoms with Gasteiger partial charge in [-0.1, -0.05) is 11.3 Å². The Kier molecular flexibility index (Phi) is 4.46. The molecule has 1 atom stereocenters. The van der Waals surface area contributed by atoms with Gasteiger partial charge < -0.3 is 10.1 Å². The molecule has 1 saturated heterocycles. The van der Waals surface area contributed by atoms with Crippen LogP contribution in [0.25, 0.3) is 22.2 Å². The van der Waals surface area contributed by atoms with Crippen molar-refractivity contribution in [2.45, 2.75) is 25.4 Å². The van der Waals surface area contributed by atoms with Crippen LogP contribution in [0.15, 0.2) is 36.8 Å². The van der Waals surface area contributed by atoms with Crippen molar-refractivity contribution < 1.29 is 4.74 Å². The predicted molar refractivity (Wildman–Crippen MR) is 108 cm³/mol. The van der Waals surface area contributed by atoms with Crippen molar-refractivity contribution in [3.8, 4) is 11.1 Å². The molecule has 5 heterocycles. The van der Waals surface area contributed by atoms with Crippen LogP contribution in [0.3, 0.4) is 0 Å². The molecule has 5 rings (SSSR count). The fourth-order valence-corrected chi connectivity index (χ4v) is 4.11. The minimum Gasteiger partial charge on any atom is -0.378 e. The highest BCUT2D eigenvalue weighted by molar-refractivity contribution is 7.15. The zero-order valence-electron chi connectivity index (χ0n) is 15.4. The van der Waals surface area contributed by atoms with E-state index < -0.39 is 0 Å².